The maximum atomic E-state index is 13.7. The zero-order valence-corrected chi connectivity index (χ0v) is 22.4. The Morgan fingerprint density at radius 2 is 1.69 bits per heavy atom. The summed E-state index contributed by atoms with van der Waals surface area (Å²) in [7, 11) is 0. The van der Waals surface area contributed by atoms with Gasteiger partial charge >= 0.3 is 0 Å². The third-order valence-electron chi connectivity index (χ3n) is 7.26. The Morgan fingerprint density at radius 3 is 2.41 bits per heavy atom. The van der Waals surface area contributed by atoms with Crippen LogP contribution in [0.15, 0.2) is 72.8 Å². The van der Waals surface area contributed by atoms with Gasteiger partial charge in [0.1, 0.15) is 23.9 Å². The number of carbonyl (C=O) groups excluding carboxylic acids is 1. The maximum Gasteiger partial charge on any atom is 0.199 e. The number of rotatable bonds is 10. The molecule has 204 valence electrons. The van der Waals surface area contributed by atoms with Crippen LogP contribution in [0.5, 0.6) is 17.2 Å². The van der Waals surface area contributed by atoms with E-state index >= 15 is 0 Å². The topological polar surface area (TPSA) is 68.2 Å². The number of likely N-dealkylation sites (tertiary alicyclic amines) is 1. The number of phenols is 1. The average molecular weight is 528 g/mol. The SMILES string of the molecule is O=C(/C(=C/c1ccc(OCCN2CCCCC2)cc1)c1ccccc1)c1ccc(OC2CCCCO2)cc1O. The highest BCUT2D eigenvalue weighted by Gasteiger charge is 2.20. The lowest BCUT2D eigenvalue weighted by Crippen LogP contribution is -2.33. The first kappa shape index (κ1) is 27.0. The molecule has 5 rings (SSSR count). The fourth-order valence-electron chi connectivity index (χ4n) is 5.08. The molecule has 2 saturated heterocycles. The Bertz CT molecular complexity index is 1240. The van der Waals surface area contributed by atoms with Crippen LogP contribution >= 0.6 is 0 Å². The van der Waals surface area contributed by atoms with E-state index in [1.54, 1.807) is 12.1 Å². The largest absolute Gasteiger partial charge is 0.507 e. The second-order valence-electron chi connectivity index (χ2n) is 10.2. The molecule has 0 spiro atoms. The molecule has 0 aliphatic carbocycles. The van der Waals surface area contributed by atoms with Crippen molar-refractivity contribution in [2.45, 2.75) is 44.8 Å². The molecular weight excluding hydrogens is 490 g/mol. The van der Waals surface area contributed by atoms with Crippen molar-refractivity contribution in [3.63, 3.8) is 0 Å². The summed E-state index contributed by atoms with van der Waals surface area (Å²) in [6.07, 6.45) is 8.29. The fourth-order valence-corrected chi connectivity index (χ4v) is 5.08. The average Bonchev–Trinajstić information content (AvgIpc) is 2.98. The normalized spacial score (nSPS) is 18.5. The van der Waals surface area contributed by atoms with Crippen molar-refractivity contribution in [2.24, 2.45) is 0 Å². The van der Waals surface area contributed by atoms with Crippen molar-refractivity contribution in [3.8, 4) is 17.2 Å². The van der Waals surface area contributed by atoms with Crippen LogP contribution in [0, 0.1) is 0 Å². The zero-order chi connectivity index (χ0) is 26.9. The van der Waals surface area contributed by atoms with Gasteiger partial charge in [0, 0.05) is 24.6 Å². The molecule has 1 N–H and O–H groups in total. The number of piperidine rings is 1. The van der Waals surface area contributed by atoms with Crippen LogP contribution in [0.2, 0.25) is 0 Å². The Balaban J connectivity index is 1.30. The number of aromatic hydroxyl groups is 1. The van der Waals surface area contributed by atoms with Gasteiger partial charge < -0.3 is 19.3 Å². The number of phenolic OH excluding ortho intramolecular Hbond substituents is 1. The van der Waals surface area contributed by atoms with Crippen LogP contribution in [-0.2, 0) is 4.74 Å². The van der Waals surface area contributed by atoms with E-state index in [0.29, 0.717) is 24.5 Å². The van der Waals surface area contributed by atoms with E-state index < -0.39 is 0 Å². The van der Waals surface area contributed by atoms with Crippen molar-refractivity contribution in [1.29, 1.82) is 0 Å². The van der Waals surface area contributed by atoms with Gasteiger partial charge in [0.2, 0.25) is 0 Å². The predicted octanol–water partition coefficient (Wildman–Crippen LogP) is 6.59. The number of hydrogen-bond acceptors (Lipinski definition) is 6. The molecule has 0 aromatic heterocycles. The quantitative estimate of drug-likeness (QED) is 0.182. The summed E-state index contributed by atoms with van der Waals surface area (Å²) in [4.78, 5) is 16.2. The molecular formula is C33H37NO5. The van der Waals surface area contributed by atoms with Gasteiger partial charge in [-0.3, -0.25) is 9.69 Å². The van der Waals surface area contributed by atoms with Crippen LogP contribution < -0.4 is 9.47 Å². The van der Waals surface area contributed by atoms with Gasteiger partial charge in [-0.15, -0.1) is 0 Å². The van der Waals surface area contributed by atoms with Crippen molar-refractivity contribution in [1.82, 2.24) is 4.90 Å². The summed E-state index contributed by atoms with van der Waals surface area (Å²) >= 11 is 0. The standard InChI is InChI=1S/C33H37NO5/c35-31-24-28(39-32-11-5-8-21-38-32)16-17-29(31)33(36)30(26-9-3-1-4-10-26)23-25-12-14-27(15-13-25)37-22-20-34-18-6-2-7-19-34/h1,3-4,9-10,12-17,23-24,32,35H,2,5-8,11,18-22H2/b30-23+. The molecule has 0 amide bonds. The van der Waals surface area contributed by atoms with E-state index in [1.807, 2.05) is 60.7 Å². The second-order valence-corrected chi connectivity index (χ2v) is 10.2. The molecule has 1 unspecified atom stereocenters. The number of Topliss-reactive ketones (excluding diaryl/α,β-unsaturated/α-hetero) is 1. The summed E-state index contributed by atoms with van der Waals surface area (Å²) < 4.78 is 17.5. The summed E-state index contributed by atoms with van der Waals surface area (Å²) in [5, 5.41) is 10.8. The van der Waals surface area contributed by atoms with Gasteiger partial charge in [-0.1, -0.05) is 48.9 Å². The van der Waals surface area contributed by atoms with Crippen molar-refractivity contribution >= 4 is 17.4 Å². The summed E-state index contributed by atoms with van der Waals surface area (Å²) in [5.74, 6) is 0.914. The van der Waals surface area contributed by atoms with Crippen molar-refractivity contribution in [3.05, 3.63) is 89.5 Å². The maximum absolute atomic E-state index is 13.7. The monoisotopic (exact) mass is 527 g/mol. The summed E-state index contributed by atoms with van der Waals surface area (Å²) in [6.45, 7) is 4.58. The van der Waals surface area contributed by atoms with E-state index in [9.17, 15) is 9.90 Å². The predicted molar refractivity (Wildman–Crippen MR) is 153 cm³/mol. The first-order valence-electron chi connectivity index (χ1n) is 14.0. The lowest BCUT2D eigenvalue weighted by Gasteiger charge is -2.26. The molecule has 2 fully saturated rings. The molecule has 0 bridgehead atoms. The minimum atomic E-state index is -0.323. The van der Waals surface area contributed by atoms with E-state index in [0.717, 1.165) is 55.8 Å². The molecule has 1 atom stereocenters. The van der Waals surface area contributed by atoms with E-state index in [-0.39, 0.29) is 23.4 Å². The molecule has 2 aliphatic heterocycles. The number of ketones is 1. The van der Waals surface area contributed by atoms with Crippen molar-refractivity contribution in [2.75, 3.05) is 32.8 Å². The fraction of sp³-hybridized carbons (Fsp3) is 0.364. The molecule has 6 heteroatoms. The van der Waals surface area contributed by atoms with Gasteiger partial charge in [0.25, 0.3) is 0 Å². The third kappa shape index (κ3) is 7.49. The number of allylic oxidation sites excluding steroid dienone is 1. The Hall–Kier alpha value is -3.61. The Labute approximate surface area is 230 Å². The van der Waals surface area contributed by atoms with Crippen LogP contribution in [0.3, 0.4) is 0 Å². The first-order valence-corrected chi connectivity index (χ1v) is 14.0. The van der Waals surface area contributed by atoms with Gasteiger partial charge in [-0.2, -0.15) is 0 Å². The molecule has 2 heterocycles. The van der Waals surface area contributed by atoms with Crippen molar-refractivity contribution < 1.29 is 24.1 Å². The lowest BCUT2D eigenvalue weighted by molar-refractivity contribution is -0.105. The molecule has 3 aromatic rings. The highest BCUT2D eigenvalue weighted by Crippen LogP contribution is 2.31. The zero-order valence-electron chi connectivity index (χ0n) is 22.4. The second kappa shape index (κ2) is 13.5. The molecule has 3 aromatic carbocycles. The van der Waals surface area contributed by atoms with Crippen LogP contribution in [0.1, 0.15) is 60.0 Å². The molecule has 6 nitrogen and oxygen atoms in total. The molecule has 0 radical (unpaired) electrons. The smallest absolute Gasteiger partial charge is 0.199 e. The summed E-state index contributed by atoms with van der Waals surface area (Å²) in [5.41, 5.74) is 2.37. The van der Waals surface area contributed by atoms with Crippen LogP contribution in [-0.4, -0.2) is 54.9 Å². The van der Waals surface area contributed by atoms with Gasteiger partial charge in [0.15, 0.2) is 12.1 Å². The number of ether oxygens (including phenoxy) is 3. The van der Waals surface area contributed by atoms with E-state index in [2.05, 4.69) is 4.90 Å². The molecule has 0 saturated carbocycles. The third-order valence-corrected chi connectivity index (χ3v) is 7.26. The number of carbonyl (C=O) groups is 1. The van der Waals surface area contributed by atoms with E-state index in [4.69, 9.17) is 14.2 Å². The van der Waals surface area contributed by atoms with E-state index in [1.165, 1.54) is 25.3 Å². The number of nitrogens with zero attached hydrogens (tertiary/aromatic N) is 1. The number of hydrogen-bond donors (Lipinski definition) is 1. The minimum absolute atomic E-state index is 0.118. The minimum Gasteiger partial charge on any atom is -0.507 e. The number of benzene rings is 3. The highest BCUT2D eigenvalue weighted by molar-refractivity contribution is 6.33. The van der Waals surface area contributed by atoms with Crippen LogP contribution in [0.25, 0.3) is 11.6 Å². The van der Waals surface area contributed by atoms with Gasteiger partial charge in [0.05, 0.1) is 12.2 Å². The van der Waals surface area contributed by atoms with Gasteiger partial charge in [-0.25, -0.2) is 0 Å². The Kier molecular flexibility index (Phi) is 9.30. The molecule has 39 heavy (non-hydrogen) atoms. The van der Waals surface area contributed by atoms with Crippen LogP contribution in [0.4, 0.5) is 0 Å². The lowest BCUT2D eigenvalue weighted by atomic mass is 9.94. The van der Waals surface area contributed by atoms with Gasteiger partial charge in [-0.05, 0) is 80.2 Å². The highest BCUT2D eigenvalue weighted by atomic mass is 16.7. The first-order chi connectivity index (χ1) is 19.2. The molecule has 2 aliphatic rings. The Morgan fingerprint density at radius 1 is 0.923 bits per heavy atom. The summed E-state index contributed by atoms with van der Waals surface area (Å²) in [6, 6.07) is 22.1.